The van der Waals surface area contributed by atoms with Gasteiger partial charge in [-0.15, -0.1) is 11.3 Å². The number of carbonyl (C=O) groups is 1. The molecular formula is C14H21NO2S. The molecule has 100 valence electrons. The molecule has 1 aromatic heterocycles. The first-order valence-corrected chi connectivity index (χ1v) is 7.33. The van der Waals surface area contributed by atoms with Gasteiger partial charge in [-0.1, -0.05) is 13.8 Å². The summed E-state index contributed by atoms with van der Waals surface area (Å²) in [6.45, 7) is 8.14. The van der Waals surface area contributed by atoms with Crippen molar-refractivity contribution in [1.82, 2.24) is 0 Å². The van der Waals surface area contributed by atoms with E-state index >= 15 is 0 Å². The lowest BCUT2D eigenvalue weighted by Gasteiger charge is -2.25. The Morgan fingerprint density at radius 2 is 2.11 bits per heavy atom. The molecule has 1 aliphatic carbocycles. The van der Waals surface area contributed by atoms with E-state index in [0.29, 0.717) is 22.4 Å². The van der Waals surface area contributed by atoms with Gasteiger partial charge in [0.15, 0.2) is 0 Å². The summed E-state index contributed by atoms with van der Waals surface area (Å²) in [6.07, 6.45) is 2.04. The lowest BCUT2D eigenvalue weighted by molar-refractivity contribution is 0.0377. The summed E-state index contributed by atoms with van der Waals surface area (Å²) in [5.41, 5.74) is 7.79. The number of ether oxygens (including phenoxy) is 1. The van der Waals surface area contributed by atoms with Gasteiger partial charge in [0, 0.05) is 4.88 Å². The number of carbonyl (C=O) groups excluding carboxylic acids is 1. The van der Waals surface area contributed by atoms with E-state index in [1.165, 1.54) is 4.88 Å². The normalized spacial score (nSPS) is 22.9. The maximum atomic E-state index is 12.1. The Balaban J connectivity index is 2.40. The van der Waals surface area contributed by atoms with Crippen LogP contribution in [0.25, 0.3) is 0 Å². The molecule has 1 heterocycles. The number of thiophene rings is 1. The molecule has 0 amide bonds. The van der Waals surface area contributed by atoms with Crippen molar-refractivity contribution in [2.45, 2.75) is 52.6 Å². The number of fused-ring (bicyclic) bond motifs is 1. The number of rotatable bonds is 2. The zero-order valence-electron chi connectivity index (χ0n) is 11.4. The Labute approximate surface area is 112 Å². The van der Waals surface area contributed by atoms with Crippen molar-refractivity contribution in [3.8, 4) is 0 Å². The maximum absolute atomic E-state index is 12.1. The summed E-state index contributed by atoms with van der Waals surface area (Å²) in [5.74, 6) is 0.799. The van der Waals surface area contributed by atoms with Crippen molar-refractivity contribution < 1.29 is 9.53 Å². The number of nitrogens with two attached hydrogens (primary N) is 1. The van der Waals surface area contributed by atoms with Crippen molar-refractivity contribution >= 4 is 22.3 Å². The number of anilines is 1. The first-order valence-electron chi connectivity index (χ1n) is 6.52. The van der Waals surface area contributed by atoms with E-state index in [2.05, 4.69) is 13.8 Å². The van der Waals surface area contributed by atoms with E-state index in [-0.39, 0.29) is 12.1 Å². The second kappa shape index (κ2) is 4.92. The Morgan fingerprint density at radius 1 is 1.44 bits per heavy atom. The Hall–Kier alpha value is -1.03. The van der Waals surface area contributed by atoms with Crippen LogP contribution in [0.1, 0.15) is 60.8 Å². The summed E-state index contributed by atoms with van der Waals surface area (Å²) in [4.78, 5) is 13.4. The van der Waals surface area contributed by atoms with Gasteiger partial charge in [-0.2, -0.15) is 0 Å². The van der Waals surface area contributed by atoms with Crippen LogP contribution in [0.15, 0.2) is 0 Å². The summed E-state index contributed by atoms with van der Waals surface area (Å²) >= 11 is 1.56. The van der Waals surface area contributed by atoms with Crippen LogP contribution in [0, 0.1) is 5.92 Å². The molecule has 0 spiro atoms. The largest absolute Gasteiger partial charge is 0.459 e. The van der Waals surface area contributed by atoms with Crippen molar-refractivity contribution in [3.05, 3.63) is 16.0 Å². The molecule has 1 aromatic rings. The van der Waals surface area contributed by atoms with E-state index in [0.717, 1.165) is 18.4 Å². The fraction of sp³-hybridized carbons (Fsp3) is 0.643. The van der Waals surface area contributed by atoms with Crippen LogP contribution in [0.3, 0.4) is 0 Å². The lowest BCUT2D eigenvalue weighted by atomic mass is 9.81. The monoisotopic (exact) mass is 267 g/mol. The quantitative estimate of drug-likeness (QED) is 0.833. The fourth-order valence-electron chi connectivity index (χ4n) is 2.79. The molecule has 3 nitrogen and oxygen atoms in total. The molecule has 0 bridgehead atoms. The van der Waals surface area contributed by atoms with Crippen molar-refractivity contribution in [3.63, 3.8) is 0 Å². The van der Waals surface area contributed by atoms with E-state index in [4.69, 9.17) is 10.5 Å². The molecule has 0 aliphatic heterocycles. The average molecular weight is 267 g/mol. The minimum Gasteiger partial charge on any atom is -0.459 e. The molecule has 0 radical (unpaired) electrons. The molecule has 2 rings (SSSR count). The second-order valence-corrected chi connectivity index (χ2v) is 6.72. The molecule has 0 saturated heterocycles. The van der Waals surface area contributed by atoms with Crippen LogP contribution in [0.4, 0.5) is 5.00 Å². The van der Waals surface area contributed by atoms with Gasteiger partial charge in [-0.25, -0.2) is 4.79 Å². The minimum absolute atomic E-state index is 0.106. The first kappa shape index (κ1) is 13.4. The van der Waals surface area contributed by atoms with Gasteiger partial charge in [0.1, 0.15) is 5.00 Å². The number of esters is 1. The van der Waals surface area contributed by atoms with E-state index in [1.54, 1.807) is 11.3 Å². The van der Waals surface area contributed by atoms with E-state index in [9.17, 15) is 4.79 Å². The predicted molar refractivity (Wildman–Crippen MR) is 75.2 cm³/mol. The number of nitrogen functional groups attached to an aromatic ring is 1. The minimum atomic E-state index is -0.263. The average Bonchev–Trinajstić information content (AvgIpc) is 2.53. The molecule has 0 fully saturated rings. The van der Waals surface area contributed by atoms with E-state index < -0.39 is 0 Å². The van der Waals surface area contributed by atoms with E-state index in [1.807, 2.05) is 13.8 Å². The standard InChI is InChI=1S/C14H21NO2S/c1-7(2)17-14(16)12-11-9(4)5-8(3)6-10(11)18-13(12)15/h7-9H,5-6,15H2,1-4H3. The molecule has 0 aromatic carbocycles. The number of hydrogen-bond acceptors (Lipinski definition) is 4. The highest BCUT2D eigenvalue weighted by Gasteiger charge is 2.31. The van der Waals surface area contributed by atoms with Crippen LogP contribution in [-0.4, -0.2) is 12.1 Å². The van der Waals surface area contributed by atoms with Crippen molar-refractivity contribution in [1.29, 1.82) is 0 Å². The predicted octanol–water partition coefficient (Wildman–Crippen LogP) is 3.58. The van der Waals surface area contributed by atoms with Gasteiger partial charge in [-0.05, 0) is 44.1 Å². The highest BCUT2D eigenvalue weighted by Crippen LogP contribution is 2.44. The Morgan fingerprint density at radius 3 is 2.72 bits per heavy atom. The Bertz CT molecular complexity index is 465. The van der Waals surface area contributed by atoms with Gasteiger partial charge in [0.05, 0.1) is 11.7 Å². The number of hydrogen-bond donors (Lipinski definition) is 1. The first-order chi connectivity index (χ1) is 8.40. The molecule has 2 N–H and O–H groups in total. The van der Waals surface area contributed by atoms with Gasteiger partial charge in [-0.3, -0.25) is 0 Å². The summed E-state index contributed by atoms with van der Waals surface area (Å²) < 4.78 is 5.30. The molecule has 18 heavy (non-hydrogen) atoms. The van der Waals surface area contributed by atoms with Crippen LogP contribution < -0.4 is 5.73 Å². The smallest absolute Gasteiger partial charge is 0.341 e. The molecule has 0 saturated carbocycles. The topological polar surface area (TPSA) is 52.3 Å². The van der Waals surface area contributed by atoms with Gasteiger partial charge in [0.2, 0.25) is 0 Å². The molecule has 1 aliphatic rings. The van der Waals surface area contributed by atoms with Crippen LogP contribution in [0.2, 0.25) is 0 Å². The third-order valence-electron chi connectivity index (χ3n) is 3.38. The van der Waals surface area contributed by atoms with Gasteiger partial charge < -0.3 is 10.5 Å². The maximum Gasteiger partial charge on any atom is 0.341 e. The summed E-state index contributed by atoms with van der Waals surface area (Å²) in [5, 5.41) is 0.617. The van der Waals surface area contributed by atoms with Crippen LogP contribution in [0.5, 0.6) is 0 Å². The SMILES string of the molecule is CC1Cc2sc(N)c(C(=O)OC(C)C)c2C(C)C1. The molecular weight excluding hydrogens is 246 g/mol. The highest BCUT2D eigenvalue weighted by atomic mass is 32.1. The molecule has 4 heteroatoms. The lowest BCUT2D eigenvalue weighted by Crippen LogP contribution is -2.18. The van der Waals surface area contributed by atoms with Crippen LogP contribution in [-0.2, 0) is 11.2 Å². The third kappa shape index (κ3) is 2.39. The third-order valence-corrected chi connectivity index (χ3v) is 4.44. The molecule has 2 unspecified atom stereocenters. The second-order valence-electron chi connectivity index (χ2n) is 5.58. The van der Waals surface area contributed by atoms with Gasteiger partial charge in [0.25, 0.3) is 0 Å². The summed E-state index contributed by atoms with van der Waals surface area (Å²) in [6, 6.07) is 0. The van der Waals surface area contributed by atoms with Gasteiger partial charge >= 0.3 is 5.97 Å². The fourth-order valence-corrected chi connectivity index (χ4v) is 4.13. The van der Waals surface area contributed by atoms with Crippen molar-refractivity contribution in [2.75, 3.05) is 5.73 Å². The Kier molecular flexibility index (Phi) is 3.66. The molecule has 2 atom stereocenters. The zero-order valence-corrected chi connectivity index (χ0v) is 12.3. The van der Waals surface area contributed by atoms with Crippen molar-refractivity contribution in [2.24, 2.45) is 5.92 Å². The zero-order chi connectivity index (χ0) is 13.4. The van der Waals surface area contributed by atoms with Crippen LogP contribution >= 0.6 is 11.3 Å². The highest BCUT2D eigenvalue weighted by molar-refractivity contribution is 7.16. The summed E-state index contributed by atoms with van der Waals surface area (Å²) in [7, 11) is 0.